The number of carbonyl (C=O) groups excluding carboxylic acids is 1. The third-order valence-electron chi connectivity index (χ3n) is 6.49. The van der Waals surface area contributed by atoms with Crippen LogP contribution in [0, 0.1) is 13.8 Å². The van der Waals surface area contributed by atoms with Gasteiger partial charge in [-0.3, -0.25) is 9.69 Å². The lowest BCUT2D eigenvalue weighted by molar-refractivity contribution is 0.102. The van der Waals surface area contributed by atoms with Crippen LogP contribution in [0.3, 0.4) is 0 Å². The Kier molecular flexibility index (Phi) is 6.93. The molecule has 1 atom stereocenters. The van der Waals surface area contributed by atoms with E-state index in [1.165, 1.54) is 0 Å². The summed E-state index contributed by atoms with van der Waals surface area (Å²) in [6, 6.07) is 20.2. The predicted octanol–water partition coefficient (Wildman–Crippen LogP) is 4.73. The van der Waals surface area contributed by atoms with Gasteiger partial charge in [0.05, 0.1) is 12.0 Å². The summed E-state index contributed by atoms with van der Waals surface area (Å²) in [4.78, 5) is 24.6. The van der Waals surface area contributed by atoms with Crippen LogP contribution in [0.1, 0.15) is 40.3 Å². The lowest BCUT2D eigenvalue weighted by Crippen LogP contribution is -2.42. The molecule has 2 aromatic heterocycles. The fourth-order valence-corrected chi connectivity index (χ4v) is 4.82. The highest BCUT2D eigenvalue weighted by atomic mass is 16.1. The fraction of sp³-hybridized carbons (Fsp3) is 0.276. The van der Waals surface area contributed by atoms with E-state index in [-0.39, 0.29) is 11.9 Å². The van der Waals surface area contributed by atoms with Crippen LogP contribution in [0.5, 0.6) is 0 Å². The normalized spacial score (nSPS) is 16.1. The Hall–Kier alpha value is -3.81. The summed E-state index contributed by atoms with van der Waals surface area (Å²) in [5.74, 6) is -0.235. The molecule has 1 amide bonds. The summed E-state index contributed by atoms with van der Waals surface area (Å²) in [5.41, 5.74) is 13.2. The molecule has 2 aromatic carbocycles. The zero-order valence-corrected chi connectivity index (χ0v) is 20.8. The van der Waals surface area contributed by atoms with Gasteiger partial charge in [0, 0.05) is 42.4 Å². The van der Waals surface area contributed by atoms with E-state index in [9.17, 15) is 4.79 Å². The van der Waals surface area contributed by atoms with E-state index in [0.717, 1.165) is 71.9 Å². The van der Waals surface area contributed by atoms with Gasteiger partial charge < -0.3 is 15.6 Å². The van der Waals surface area contributed by atoms with Crippen LogP contribution in [0.2, 0.25) is 0 Å². The third kappa shape index (κ3) is 5.70. The molecule has 3 N–H and O–H groups in total. The van der Waals surface area contributed by atoms with Crippen LogP contribution >= 0.6 is 0 Å². The molecule has 3 heterocycles. The minimum absolute atomic E-state index is 0.212. The Balaban J connectivity index is 1.44. The summed E-state index contributed by atoms with van der Waals surface area (Å²) in [5, 5.41) is 3.09. The highest BCUT2D eigenvalue weighted by Gasteiger charge is 2.18. The minimum Gasteiger partial charge on any atom is -0.327 e. The number of nitrogens with one attached hydrogen (secondary N) is 1. The Morgan fingerprint density at radius 1 is 1.06 bits per heavy atom. The van der Waals surface area contributed by atoms with Gasteiger partial charge in [-0.25, -0.2) is 9.97 Å². The Labute approximate surface area is 212 Å². The topological polar surface area (TPSA) is 89.1 Å². The molecule has 36 heavy (non-hydrogen) atoms. The van der Waals surface area contributed by atoms with Gasteiger partial charge in [-0.05, 0) is 80.3 Å². The number of carbonyl (C=O) groups is 1. The number of aromatic nitrogens is 3. The summed E-state index contributed by atoms with van der Waals surface area (Å²) < 4.78 is 1.98. The molecule has 7 nitrogen and oxygen atoms in total. The van der Waals surface area contributed by atoms with Crippen LogP contribution in [0.25, 0.3) is 16.8 Å². The van der Waals surface area contributed by atoms with Gasteiger partial charge in [-0.1, -0.05) is 30.3 Å². The van der Waals surface area contributed by atoms with Gasteiger partial charge in [0.2, 0.25) is 0 Å². The average Bonchev–Trinajstić information content (AvgIpc) is 3.30. The van der Waals surface area contributed by atoms with E-state index in [4.69, 9.17) is 5.73 Å². The molecule has 0 unspecified atom stereocenters. The number of benzene rings is 2. The molecule has 1 aliphatic rings. The van der Waals surface area contributed by atoms with E-state index in [2.05, 4.69) is 26.3 Å². The maximum absolute atomic E-state index is 13.3. The first-order chi connectivity index (χ1) is 17.4. The number of anilines is 1. The van der Waals surface area contributed by atoms with Crippen molar-refractivity contribution in [1.29, 1.82) is 0 Å². The molecule has 0 bridgehead atoms. The van der Waals surface area contributed by atoms with E-state index >= 15 is 0 Å². The highest BCUT2D eigenvalue weighted by molar-refractivity contribution is 6.03. The van der Waals surface area contributed by atoms with E-state index in [1.807, 2.05) is 79.2 Å². The molecule has 0 spiro atoms. The quantitative estimate of drug-likeness (QED) is 0.417. The van der Waals surface area contributed by atoms with Crippen LogP contribution in [0.4, 0.5) is 5.69 Å². The van der Waals surface area contributed by atoms with Crippen LogP contribution in [0.15, 0.2) is 73.2 Å². The summed E-state index contributed by atoms with van der Waals surface area (Å²) in [6.07, 6.45) is 5.95. The minimum atomic E-state index is -0.235. The summed E-state index contributed by atoms with van der Waals surface area (Å²) >= 11 is 0. The molecular formula is C29H32N6O. The van der Waals surface area contributed by atoms with Crippen molar-refractivity contribution in [3.8, 4) is 16.8 Å². The van der Waals surface area contributed by atoms with E-state index in [1.54, 1.807) is 6.33 Å². The SMILES string of the molecule is Cc1cn(-c2cc(CN3CCC[C@H](N)C3)cc(NC(=O)c3cc(-c4ccccc4)cc(C)n3)c2)cn1. The molecule has 1 aliphatic heterocycles. The highest BCUT2D eigenvalue weighted by Crippen LogP contribution is 2.24. The van der Waals surface area contributed by atoms with Gasteiger partial charge in [-0.15, -0.1) is 0 Å². The van der Waals surface area contributed by atoms with Crippen molar-refractivity contribution in [1.82, 2.24) is 19.4 Å². The van der Waals surface area contributed by atoms with Crippen LogP contribution in [-0.2, 0) is 6.54 Å². The Morgan fingerprint density at radius 2 is 1.89 bits per heavy atom. The lowest BCUT2D eigenvalue weighted by Gasteiger charge is -2.30. The predicted molar refractivity (Wildman–Crippen MR) is 143 cm³/mol. The number of amides is 1. The van der Waals surface area contributed by atoms with Gasteiger partial charge in [0.15, 0.2) is 0 Å². The Bertz CT molecular complexity index is 1360. The molecule has 0 radical (unpaired) electrons. The van der Waals surface area contributed by atoms with Gasteiger partial charge >= 0.3 is 0 Å². The smallest absolute Gasteiger partial charge is 0.274 e. The maximum Gasteiger partial charge on any atom is 0.274 e. The monoisotopic (exact) mass is 480 g/mol. The second kappa shape index (κ2) is 10.4. The molecule has 5 rings (SSSR count). The number of nitrogens with two attached hydrogens (primary N) is 1. The number of pyridine rings is 1. The number of imidazole rings is 1. The van der Waals surface area contributed by atoms with Gasteiger partial charge in [0.25, 0.3) is 5.91 Å². The van der Waals surface area contributed by atoms with Crippen molar-refractivity contribution in [3.63, 3.8) is 0 Å². The molecule has 0 saturated carbocycles. The standard InChI is InChI=1S/C29H32N6O/c1-20-11-24(23-7-4-3-5-8-23)14-28(32-20)29(36)33-26-12-22(17-34-10-6-9-25(30)18-34)13-27(15-26)35-16-21(2)31-19-35/h3-5,7-8,11-16,19,25H,6,9-10,17-18,30H2,1-2H3,(H,33,36)/t25-/m0/s1. The van der Waals surface area contributed by atoms with Crippen molar-refractivity contribution in [2.24, 2.45) is 5.73 Å². The van der Waals surface area contributed by atoms with Crippen molar-refractivity contribution >= 4 is 11.6 Å². The number of hydrogen-bond acceptors (Lipinski definition) is 5. The molecule has 0 aliphatic carbocycles. The van der Waals surface area contributed by atoms with Crippen molar-refractivity contribution in [2.75, 3.05) is 18.4 Å². The summed E-state index contributed by atoms with van der Waals surface area (Å²) in [6.45, 7) is 6.56. The number of hydrogen-bond donors (Lipinski definition) is 2. The van der Waals surface area contributed by atoms with Crippen LogP contribution in [-0.4, -0.2) is 44.5 Å². The molecular weight excluding hydrogens is 448 g/mol. The van der Waals surface area contributed by atoms with Crippen molar-refractivity contribution < 1.29 is 4.79 Å². The average molecular weight is 481 g/mol. The third-order valence-corrected chi connectivity index (χ3v) is 6.49. The van der Waals surface area contributed by atoms with Crippen molar-refractivity contribution in [2.45, 2.75) is 39.3 Å². The zero-order chi connectivity index (χ0) is 25.1. The molecule has 1 fully saturated rings. The maximum atomic E-state index is 13.3. The molecule has 4 aromatic rings. The Morgan fingerprint density at radius 3 is 2.64 bits per heavy atom. The summed E-state index contributed by atoms with van der Waals surface area (Å²) in [7, 11) is 0. The van der Waals surface area contributed by atoms with E-state index in [0.29, 0.717) is 5.69 Å². The fourth-order valence-electron chi connectivity index (χ4n) is 4.82. The number of likely N-dealkylation sites (tertiary alicyclic amines) is 1. The number of aryl methyl sites for hydroxylation is 2. The molecule has 1 saturated heterocycles. The second-order valence-electron chi connectivity index (χ2n) is 9.65. The van der Waals surface area contributed by atoms with Crippen molar-refractivity contribution in [3.05, 3.63) is 95.8 Å². The van der Waals surface area contributed by atoms with Crippen LogP contribution < -0.4 is 11.1 Å². The van der Waals surface area contributed by atoms with Gasteiger partial charge in [0.1, 0.15) is 5.69 Å². The zero-order valence-electron chi connectivity index (χ0n) is 20.8. The largest absolute Gasteiger partial charge is 0.327 e. The number of rotatable bonds is 6. The second-order valence-corrected chi connectivity index (χ2v) is 9.65. The van der Waals surface area contributed by atoms with E-state index < -0.39 is 0 Å². The first-order valence-corrected chi connectivity index (χ1v) is 12.4. The first kappa shape index (κ1) is 23.9. The number of piperidine rings is 1. The first-order valence-electron chi connectivity index (χ1n) is 12.4. The van der Waals surface area contributed by atoms with Gasteiger partial charge in [-0.2, -0.15) is 0 Å². The number of nitrogens with zero attached hydrogens (tertiary/aromatic N) is 4. The molecule has 184 valence electrons. The molecule has 7 heteroatoms. The lowest BCUT2D eigenvalue weighted by atomic mass is 10.0.